The van der Waals surface area contributed by atoms with E-state index in [1.54, 1.807) is 6.20 Å². The van der Waals surface area contributed by atoms with Crippen LogP contribution in [-0.2, 0) is 24.3 Å². The summed E-state index contributed by atoms with van der Waals surface area (Å²) in [6.45, 7) is 6.15. The van der Waals surface area contributed by atoms with Crippen molar-refractivity contribution in [1.82, 2.24) is 29.5 Å². The smallest absolute Gasteiger partial charge is 0.224 e. The molecule has 0 spiro atoms. The van der Waals surface area contributed by atoms with Crippen LogP contribution >= 0.6 is 0 Å². The number of carbonyl (C=O) groups is 1. The molecule has 0 N–H and O–H groups in total. The molecule has 1 amide bonds. The van der Waals surface area contributed by atoms with Crippen molar-refractivity contribution >= 4 is 5.91 Å². The second kappa shape index (κ2) is 7.15. The fourth-order valence-corrected chi connectivity index (χ4v) is 3.88. The first-order valence-electron chi connectivity index (χ1n) is 9.39. The third-order valence-corrected chi connectivity index (χ3v) is 5.53. The van der Waals surface area contributed by atoms with E-state index in [0.717, 1.165) is 55.3 Å². The zero-order chi connectivity index (χ0) is 18.1. The molecule has 0 radical (unpaired) electrons. The van der Waals surface area contributed by atoms with E-state index in [4.69, 9.17) is 4.98 Å². The lowest BCUT2D eigenvalue weighted by molar-refractivity contribution is -0.132. The van der Waals surface area contributed by atoms with E-state index in [2.05, 4.69) is 22.0 Å². The van der Waals surface area contributed by atoms with Crippen molar-refractivity contribution in [3.05, 3.63) is 41.2 Å². The fourth-order valence-electron chi connectivity index (χ4n) is 3.88. The molecule has 4 heterocycles. The molecule has 0 bridgehead atoms. The lowest BCUT2D eigenvalue weighted by Crippen LogP contribution is -2.37. The molecule has 0 unspecified atom stereocenters. The monoisotopic (exact) mass is 354 g/mol. The van der Waals surface area contributed by atoms with Crippen LogP contribution in [0.15, 0.2) is 18.5 Å². The van der Waals surface area contributed by atoms with Crippen LogP contribution in [0.25, 0.3) is 0 Å². The highest BCUT2D eigenvalue weighted by Crippen LogP contribution is 2.25. The van der Waals surface area contributed by atoms with Gasteiger partial charge in [-0.1, -0.05) is 0 Å². The molecule has 26 heavy (non-hydrogen) atoms. The van der Waals surface area contributed by atoms with Gasteiger partial charge in [0.1, 0.15) is 5.82 Å². The number of amides is 1. The predicted molar refractivity (Wildman–Crippen MR) is 97.6 cm³/mol. The molecule has 2 aliphatic heterocycles. The molecular formula is C19H26N6O. The Hall–Kier alpha value is -2.28. The SMILES string of the molecule is Cc1ccnn1CCC(=O)N1CCc2nc([C@H]3CCN(C)C3)ncc2C1. The average molecular weight is 354 g/mol. The summed E-state index contributed by atoms with van der Waals surface area (Å²) in [7, 11) is 2.15. The average Bonchev–Trinajstić information content (AvgIpc) is 3.27. The highest BCUT2D eigenvalue weighted by molar-refractivity contribution is 5.76. The molecule has 0 aliphatic carbocycles. The van der Waals surface area contributed by atoms with Crippen molar-refractivity contribution < 1.29 is 4.79 Å². The normalized spacial score (nSPS) is 20.4. The Kier molecular flexibility index (Phi) is 4.72. The topological polar surface area (TPSA) is 67.2 Å². The lowest BCUT2D eigenvalue weighted by Gasteiger charge is -2.28. The van der Waals surface area contributed by atoms with Gasteiger partial charge in [0.2, 0.25) is 5.91 Å². The molecule has 2 aromatic heterocycles. The van der Waals surface area contributed by atoms with Crippen LogP contribution in [0.4, 0.5) is 0 Å². The van der Waals surface area contributed by atoms with Gasteiger partial charge in [-0.2, -0.15) is 5.10 Å². The van der Waals surface area contributed by atoms with Crippen LogP contribution in [-0.4, -0.2) is 62.1 Å². The molecule has 4 rings (SSSR count). The zero-order valence-corrected chi connectivity index (χ0v) is 15.6. The molecule has 2 aliphatic rings. The van der Waals surface area contributed by atoms with Crippen LogP contribution in [0.3, 0.4) is 0 Å². The van der Waals surface area contributed by atoms with Gasteiger partial charge in [-0.25, -0.2) is 9.97 Å². The first-order chi connectivity index (χ1) is 12.6. The first kappa shape index (κ1) is 17.1. The quantitative estimate of drug-likeness (QED) is 0.830. The van der Waals surface area contributed by atoms with Crippen molar-refractivity contribution in [2.24, 2.45) is 0 Å². The van der Waals surface area contributed by atoms with Crippen LogP contribution in [0.5, 0.6) is 0 Å². The van der Waals surface area contributed by atoms with E-state index in [9.17, 15) is 4.79 Å². The summed E-state index contributed by atoms with van der Waals surface area (Å²) >= 11 is 0. The molecule has 7 heteroatoms. The Morgan fingerprint density at radius 3 is 2.96 bits per heavy atom. The summed E-state index contributed by atoms with van der Waals surface area (Å²) in [6, 6.07) is 1.96. The maximum Gasteiger partial charge on any atom is 0.224 e. The molecule has 1 fully saturated rings. The molecule has 2 aromatic rings. The summed E-state index contributed by atoms with van der Waals surface area (Å²) < 4.78 is 1.88. The van der Waals surface area contributed by atoms with Gasteiger partial charge in [0, 0.05) is 68.6 Å². The zero-order valence-electron chi connectivity index (χ0n) is 15.6. The largest absolute Gasteiger partial charge is 0.338 e. The van der Waals surface area contributed by atoms with Gasteiger partial charge in [0.25, 0.3) is 0 Å². The number of carbonyl (C=O) groups excluding carboxylic acids is 1. The standard InChI is InChI=1S/C19H26N6O/c1-14-3-7-21-25(14)10-6-18(26)24-9-5-17-16(13-24)11-20-19(22-17)15-4-8-23(2)12-15/h3,7,11,15H,4-6,8-10,12-13H2,1-2H3/t15-/m0/s1. The van der Waals surface area contributed by atoms with Crippen molar-refractivity contribution in [2.75, 3.05) is 26.7 Å². The van der Waals surface area contributed by atoms with Gasteiger partial charge < -0.3 is 9.80 Å². The van der Waals surface area contributed by atoms with Gasteiger partial charge in [0.15, 0.2) is 0 Å². The van der Waals surface area contributed by atoms with E-state index >= 15 is 0 Å². The molecule has 1 saturated heterocycles. The Morgan fingerprint density at radius 1 is 1.35 bits per heavy atom. The predicted octanol–water partition coefficient (Wildman–Crippen LogP) is 1.38. The minimum atomic E-state index is 0.173. The highest BCUT2D eigenvalue weighted by atomic mass is 16.2. The molecule has 0 aromatic carbocycles. The Morgan fingerprint density at radius 2 is 2.23 bits per heavy atom. The number of aromatic nitrogens is 4. The van der Waals surface area contributed by atoms with E-state index < -0.39 is 0 Å². The second-order valence-corrected chi connectivity index (χ2v) is 7.46. The van der Waals surface area contributed by atoms with Crippen LogP contribution in [0.1, 0.15) is 41.5 Å². The number of nitrogens with zero attached hydrogens (tertiary/aromatic N) is 6. The van der Waals surface area contributed by atoms with Crippen LogP contribution < -0.4 is 0 Å². The first-order valence-corrected chi connectivity index (χ1v) is 9.39. The van der Waals surface area contributed by atoms with Gasteiger partial charge in [-0.15, -0.1) is 0 Å². The molecule has 0 saturated carbocycles. The van der Waals surface area contributed by atoms with Gasteiger partial charge in [0.05, 0.1) is 5.69 Å². The second-order valence-electron chi connectivity index (χ2n) is 7.46. The number of hydrogen-bond acceptors (Lipinski definition) is 5. The molecule has 1 atom stereocenters. The fraction of sp³-hybridized carbons (Fsp3) is 0.579. The van der Waals surface area contributed by atoms with Crippen molar-refractivity contribution in [3.63, 3.8) is 0 Å². The Balaban J connectivity index is 1.38. The lowest BCUT2D eigenvalue weighted by atomic mass is 10.0. The third-order valence-electron chi connectivity index (χ3n) is 5.53. The number of rotatable bonds is 4. The Labute approximate surface area is 154 Å². The van der Waals surface area contributed by atoms with Gasteiger partial charge in [-0.3, -0.25) is 9.48 Å². The Bertz CT molecular complexity index is 801. The summed E-state index contributed by atoms with van der Waals surface area (Å²) in [6.07, 6.45) is 6.14. The van der Waals surface area contributed by atoms with E-state index in [1.165, 1.54) is 0 Å². The summed E-state index contributed by atoms with van der Waals surface area (Å²) in [4.78, 5) is 26.3. The maximum absolute atomic E-state index is 12.6. The molecule has 138 valence electrons. The van der Waals surface area contributed by atoms with E-state index in [1.807, 2.05) is 28.8 Å². The van der Waals surface area contributed by atoms with E-state index in [0.29, 0.717) is 25.4 Å². The number of likely N-dealkylation sites (N-methyl/N-ethyl adjacent to an activating group) is 1. The number of fused-ring (bicyclic) bond motifs is 1. The highest BCUT2D eigenvalue weighted by Gasteiger charge is 2.26. The van der Waals surface area contributed by atoms with E-state index in [-0.39, 0.29) is 5.91 Å². The van der Waals surface area contributed by atoms with Crippen molar-refractivity contribution in [2.45, 2.75) is 45.2 Å². The number of likely N-dealkylation sites (tertiary alicyclic amines) is 1. The van der Waals surface area contributed by atoms with Crippen molar-refractivity contribution in [3.8, 4) is 0 Å². The minimum absolute atomic E-state index is 0.173. The molecule has 7 nitrogen and oxygen atoms in total. The maximum atomic E-state index is 12.6. The summed E-state index contributed by atoms with van der Waals surface area (Å²) in [5, 5.41) is 4.24. The van der Waals surface area contributed by atoms with Crippen molar-refractivity contribution in [1.29, 1.82) is 0 Å². The summed E-state index contributed by atoms with van der Waals surface area (Å²) in [5.41, 5.74) is 3.30. The van der Waals surface area contributed by atoms with Crippen LogP contribution in [0, 0.1) is 6.92 Å². The third kappa shape index (κ3) is 3.49. The van der Waals surface area contributed by atoms with Gasteiger partial charge >= 0.3 is 0 Å². The number of hydrogen-bond donors (Lipinski definition) is 0. The minimum Gasteiger partial charge on any atom is -0.338 e. The molecular weight excluding hydrogens is 328 g/mol. The van der Waals surface area contributed by atoms with Crippen LogP contribution in [0.2, 0.25) is 0 Å². The number of aryl methyl sites for hydroxylation is 2. The van der Waals surface area contributed by atoms with Gasteiger partial charge in [-0.05, 0) is 33.0 Å². The summed E-state index contributed by atoms with van der Waals surface area (Å²) in [5.74, 6) is 1.59.